The van der Waals surface area contributed by atoms with Crippen LogP contribution in [-0.4, -0.2) is 6.04 Å². The average Bonchev–Trinajstić information content (AvgIpc) is 3.11. The van der Waals surface area contributed by atoms with E-state index in [0.717, 1.165) is 41.4 Å². The molecule has 0 heterocycles. The van der Waals surface area contributed by atoms with Crippen LogP contribution in [0.15, 0.2) is 30.3 Å². The second kappa shape index (κ2) is 8.27. The Kier molecular flexibility index (Phi) is 5.80. The van der Waals surface area contributed by atoms with Crippen LogP contribution in [0, 0.1) is 46.8 Å². The van der Waals surface area contributed by atoms with E-state index in [2.05, 4.69) is 63.3 Å². The maximum Gasteiger partial charge on any atom is 0.0294 e. The van der Waals surface area contributed by atoms with E-state index in [0.29, 0.717) is 17.5 Å². The standard InChI is InChI=1S/C29H45N/c1-19-10-12-24-23(18-19)11-13-26-25(24)16-17-29(4)27(14-15-28(26)29)21(3)30-20(2)22-8-6-5-7-9-22/h5-9,19-21,23-28,30H,10-18H2,1-4H3. The largest absolute Gasteiger partial charge is 0.307 e. The lowest BCUT2D eigenvalue weighted by molar-refractivity contribution is -0.0705. The summed E-state index contributed by atoms with van der Waals surface area (Å²) in [5.74, 6) is 7.10. The third-order valence-electron chi connectivity index (χ3n) is 10.7. The molecule has 1 aromatic carbocycles. The third-order valence-corrected chi connectivity index (χ3v) is 10.7. The van der Waals surface area contributed by atoms with E-state index in [4.69, 9.17) is 0 Å². The first-order valence-electron chi connectivity index (χ1n) is 13.3. The van der Waals surface area contributed by atoms with Gasteiger partial charge in [-0.2, -0.15) is 0 Å². The molecule has 30 heavy (non-hydrogen) atoms. The highest BCUT2D eigenvalue weighted by Crippen LogP contribution is 2.64. The van der Waals surface area contributed by atoms with Crippen LogP contribution in [0.25, 0.3) is 0 Å². The molecule has 4 aliphatic rings. The molecule has 10 atom stereocenters. The molecule has 0 aliphatic heterocycles. The molecule has 1 N–H and O–H groups in total. The third kappa shape index (κ3) is 3.58. The van der Waals surface area contributed by atoms with Gasteiger partial charge in [-0.05, 0) is 118 Å². The molecule has 0 amide bonds. The lowest BCUT2D eigenvalue weighted by Gasteiger charge is -2.56. The fourth-order valence-corrected chi connectivity index (χ4v) is 9.30. The molecule has 1 nitrogen and oxygen atoms in total. The molecule has 0 radical (unpaired) electrons. The van der Waals surface area contributed by atoms with Gasteiger partial charge < -0.3 is 5.32 Å². The lowest BCUT2D eigenvalue weighted by atomic mass is 9.49. The molecule has 5 rings (SSSR count). The Hall–Kier alpha value is -0.820. The second-order valence-electron chi connectivity index (χ2n) is 12.2. The molecular formula is C29H45N. The zero-order chi connectivity index (χ0) is 20.9. The first kappa shape index (κ1) is 21.0. The molecule has 0 aromatic heterocycles. The first-order chi connectivity index (χ1) is 14.5. The number of fused-ring (bicyclic) bond motifs is 5. The summed E-state index contributed by atoms with van der Waals surface area (Å²) in [5.41, 5.74) is 2.00. The van der Waals surface area contributed by atoms with Gasteiger partial charge in [-0.1, -0.05) is 50.6 Å². The Bertz CT molecular complexity index is 712. The smallest absolute Gasteiger partial charge is 0.0294 e. The van der Waals surface area contributed by atoms with Crippen LogP contribution in [0.5, 0.6) is 0 Å². The molecule has 4 saturated carbocycles. The quantitative estimate of drug-likeness (QED) is 0.541. The van der Waals surface area contributed by atoms with Gasteiger partial charge in [0.25, 0.3) is 0 Å². The van der Waals surface area contributed by atoms with Crippen molar-refractivity contribution < 1.29 is 0 Å². The van der Waals surface area contributed by atoms with Crippen LogP contribution in [0.4, 0.5) is 0 Å². The maximum atomic E-state index is 4.02. The van der Waals surface area contributed by atoms with Crippen LogP contribution in [0.2, 0.25) is 0 Å². The van der Waals surface area contributed by atoms with Crippen molar-refractivity contribution in [3.63, 3.8) is 0 Å². The number of rotatable bonds is 4. The summed E-state index contributed by atoms with van der Waals surface area (Å²) < 4.78 is 0. The van der Waals surface area contributed by atoms with Crippen LogP contribution >= 0.6 is 0 Å². The van der Waals surface area contributed by atoms with Gasteiger partial charge in [0.15, 0.2) is 0 Å². The zero-order valence-electron chi connectivity index (χ0n) is 19.9. The van der Waals surface area contributed by atoms with E-state index in [1.807, 2.05) is 0 Å². The summed E-state index contributed by atoms with van der Waals surface area (Å²) >= 11 is 0. The van der Waals surface area contributed by atoms with E-state index in [1.165, 1.54) is 44.1 Å². The Morgan fingerprint density at radius 1 is 0.867 bits per heavy atom. The molecule has 1 aromatic rings. The molecular weight excluding hydrogens is 362 g/mol. The van der Waals surface area contributed by atoms with E-state index in [1.54, 1.807) is 19.3 Å². The summed E-state index contributed by atoms with van der Waals surface area (Å²) in [7, 11) is 0. The van der Waals surface area contributed by atoms with Crippen LogP contribution < -0.4 is 5.32 Å². The molecule has 0 bridgehead atoms. The minimum absolute atomic E-state index is 0.444. The minimum atomic E-state index is 0.444. The van der Waals surface area contributed by atoms with Gasteiger partial charge in [0.1, 0.15) is 0 Å². The molecule has 166 valence electrons. The van der Waals surface area contributed by atoms with Crippen molar-refractivity contribution in [1.29, 1.82) is 0 Å². The number of benzene rings is 1. The van der Waals surface area contributed by atoms with Crippen molar-refractivity contribution in [3.05, 3.63) is 35.9 Å². The Morgan fingerprint density at radius 3 is 2.43 bits per heavy atom. The minimum Gasteiger partial charge on any atom is -0.307 e. The Labute approximate surface area is 185 Å². The number of hydrogen-bond acceptors (Lipinski definition) is 1. The molecule has 0 spiro atoms. The van der Waals surface area contributed by atoms with Crippen molar-refractivity contribution in [1.82, 2.24) is 5.32 Å². The highest BCUT2D eigenvalue weighted by molar-refractivity contribution is 5.18. The van der Waals surface area contributed by atoms with E-state index >= 15 is 0 Å². The Balaban J connectivity index is 1.28. The maximum absolute atomic E-state index is 4.02. The number of hydrogen-bond donors (Lipinski definition) is 1. The van der Waals surface area contributed by atoms with Gasteiger partial charge in [-0.25, -0.2) is 0 Å². The van der Waals surface area contributed by atoms with Crippen LogP contribution in [-0.2, 0) is 0 Å². The fraction of sp³-hybridized carbons (Fsp3) is 0.793. The summed E-state index contributed by atoms with van der Waals surface area (Å²) in [6, 6.07) is 12.1. The van der Waals surface area contributed by atoms with E-state index in [9.17, 15) is 0 Å². The monoisotopic (exact) mass is 407 g/mol. The molecule has 1 heteroatoms. The Morgan fingerprint density at radius 2 is 1.63 bits per heavy atom. The zero-order valence-corrected chi connectivity index (χ0v) is 19.9. The van der Waals surface area contributed by atoms with Crippen molar-refractivity contribution in [2.75, 3.05) is 0 Å². The summed E-state index contributed by atoms with van der Waals surface area (Å²) in [4.78, 5) is 0. The summed E-state index contributed by atoms with van der Waals surface area (Å²) in [6.07, 6.45) is 13.7. The average molecular weight is 408 g/mol. The van der Waals surface area contributed by atoms with Gasteiger partial charge in [0.2, 0.25) is 0 Å². The molecule has 4 fully saturated rings. The van der Waals surface area contributed by atoms with Gasteiger partial charge in [-0.15, -0.1) is 0 Å². The molecule has 4 aliphatic carbocycles. The first-order valence-corrected chi connectivity index (χ1v) is 13.3. The van der Waals surface area contributed by atoms with Gasteiger partial charge >= 0.3 is 0 Å². The summed E-state index contributed by atoms with van der Waals surface area (Å²) in [6.45, 7) is 10.0. The van der Waals surface area contributed by atoms with E-state index in [-0.39, 0.29) is 0 Å². The fourth-order valence-electron chi connectivity index (χ4n) is 9.30. The predicted molar refractivity (Wildman–Crippen MR) is 127 cm³/mol. The second-order valence-corrected chi connectivity index (χ2v) is 12.2. The van der Waals surface area contributed by atoms with E-state index < -0.39 is 0 Å². The van der Waals surface area contributed by atoms with Gasteiger partial charge in [0.05, 0.1) is 0 Å². The van der Waals surface area contributed by atoms with Crippen molar-refractivity contribution in [2.45, 2.75) is 97.6 Å². The van der Waals surface area contributed by atoms with Crippen molar-refractivity contribution in [2.24, 2.45) is 46.8 Å². The lowest BCUT2D eigenvalue weighted by Crippen LogP contribution is -2.51. The molecule has 10 unspecified atom stereocenters. The predicted octanol–water partition coefficient (Wildman–Crippen LogP) is 7.63. The SMILES string of the molecule is CC1CCC2C(CCC3C2CCC2(C)C(C(C)NC(C)c4ccccc4)CCC32)C1. The topological polar surface area (TPSA) is 12.0 Å². The van der Waals surface area contributed by atoms with Gasteiger partial charge in [-0.3, -0.25) is 0 Å². The number of nitrogens with one attached hydrogen (secondary N) is 1. The van der Waals surface area contributed by atoms with Crippen LogP contribution in [0.3, 0.4) is 0 Å². The van der Waals surface area contributed by atoms with Crippen molar-refractivity contribution in [3.8, 4) is 0 Å². The highest BCUT2D eigenvalue weighted by Gasteiger charge is 2.57. The highest BCUT2D eigenvalue weighted by atomic mass is 15.0. The normalized spacial score (nSPS) is 45.1. The van der Waals surface area contributed by atoms with Crippen molar-refractivity contribution >= 4 is 0 Å². The molecule has 0 saturated heterocycles. The summed E-state index contributed by atoms with van der Waals surface area (Å²) in [5, 5.41) is 4.02. The van der Waals surface area contributed by atoms with Crippen LogP contribution in [0.1, 0.15) is 97.1 Å². The van der Waals surface area contributed by atoms with Gasteiger partial charge in [0, 0.05) is 12.1 Å².